The smallest absolute Gasteiger partial charge is 0.251 e. The SMILES string of the molecule is Cc1ccc(-c2nnc(-c3ccc(C(=O)NCC(c4ccc(F)cc4)N4CCOCC4)cc3)o2)cc1. The van der Waals surface area contributed by atoms with Gasteiger partial charge in [0, 0.05) is 36.3 Å². The number of nitrogens with zero attached hydrogens (tertiary/aromatic N) is 3. The third-order valence-electron chi connectivity index (χ3n) is 6.31. The number of aryl methyl sites for hydroxylation is 1. The quantitative estimate of drug-likeness (QED) is 0.410. The topological polar surface area (TPSA) is 80.5 Å². The lowest BCUT2D eigenvalue weighted by atomic mass is 10.0. The molecule has 0 radical (unpaired) electrons. The molecule has 1 aromatic heterocycles. The molecular weight excluding hydrogens is 459 g/mol. The fraction of sp³-hybridized carbons (Fsp3) is 0.250. The van der Waals surface area contributed by atoms with E-state index in [-0.39, 0.29) is 17.8 Å². The molecule has 0 spiro atoms. The highest BCUT2D eigenvalue weighted by Gasteiger charge is 2.23. The minimum atomic E-state index is -0.282. The number of carbonyl (C=O) groups is 1. The third kappa shape index (κ3) is 5.50. The van der Waals surface area contributed by atoms with Crippen LogP contribution in [0.4, 0.5) is 4.39 Å². The van der Waals surface area contributed by atoms with Crippen LogP contribution in [0.2, 0.25) is 0 Å². The van der Waals surface area contributed by atoms with E-state index in [9.17, 15) is 9.18 Å². The summed E-state index contributed by atoms with van der Waals surface area (Å²) in [7, 11) is 0. The van der Waals surface area contributed by atoms with Gasteiger partial charge in [-0.05, 0) is 61.0 Å². The van der Waals surface area contributed by atoms with Crippen LogP contribution in [-0.4, -0.2) is 53.9 Å². The molecule has 1 N–H and O–H groups in total. The first-order valence-corrected chi connectivity index (χ1v) is 11.9. The third-order valence-corrected chi connectivity index (χ3v) is 6.31. The van der Waals surface area contributed by atoms with Crippen molar-refractivity contribution in [1.82, 2.24) is 20.4 Å². The van der Waals surface area contributed by atoms with Crippen molar-refractivity contribution in [3.63, 3.8) is 0 Å². The van der Waals surface area contributed by atoms with Gasteiger partial charge in [-0.25, -0.2) is 4.39 Å². The summed E-state index contributed by atoms with van der Waals surface area (Å²) in [4.78, 5) is 15.2. The Morgan fingerprint density at radius 2 is 1.50 bits per heavy atom. The van der Waals surface area contributed by atoms with Crippen LogP contribution >= 0.6 is 0 Å². The lowest BCUT2D eigenvalue weighted by Crippen LogP contribution is -2.43. The van der Waals surface area contributed by atoms with Gasteiger partial charge in [-0.15, -0.1) is 10.2 Å². The van der Waals surface area contributed by atoms with Gasteiger partial charge in [0.2, 0.25) is 11.8 Å². The zero-order chi connectivity index (χ0) is 24.9. The van der Waals surface area contributed by atoms with Crippen molar-refractivity contribution in [1.29, 1.82) is 0 Å². The van der Waals surface area contributed by atoms with Gasteiger partial charge < -0.3 is 14.5 Å². The average molecular weight is 487 g/mol. The van der Waals surface area contributed by atoms with Crippen LogP contribution in [0.15, 0.2) is 77.2 Å². The summed E-state index contributed by atoms with van der Waals surface area (Å²) >= 11 is 0. The van der Waals surface area contributed by atoms with Crippen LogP contribution in [0.25, 0.3) is 22.9 Å². The summed E-state index contributed by atoms with van der Waals surface area (Å²) in [6, 6.07) is 21.3. The molecule has 1 amide bonds. The molecule has 1 aliphatic rings. The van der Waals surface area contributed by atoms with Crippen LogP contribution in [-0.2, 0) is 4.74 Å². The molecule has 1 unspecified atom stereocenters. The van der Waals surface area contributed by atoms with Crippen molar-refractivity contribution in [2.45, 2.75) is 13.0 Å². The molecule has 0 aliphatic carbocycles. The van der Waals surface area contributed by atoms with Crippen molar-refractivity contribution in [2.75, 3.05) is 32.8 Å². The van der Waals surface area contributed by atoms with Crippen LogP contribution < -0.4 is 5.32 Å². The Hall–Kier alpha value is -3.88. The molecule has 0 saturated carbocycles. The van der Waals surface area contributed by atoms with E-state index in [1.54, 1.807) is 36.4 Å². The van der Waals surface area contributed by atoms with E-state index in [2.05, 4.69) is 20.4 Å². The lowest BCUT2D eigenvalue weighted by molar-refractivity contribution is 0.0162. The molecule has 4 aromatic rings. The Bertz CT molecular complexity index is 1300. The number of amides is 1. The summed E-state index contributed by atoms with van der Waals surface area (Å²) in [5.74, 6) is 0.367. The van der Waals surface area contributed by atoms with E-state index in [0.29, 0.717) is 37.1 Å². The zero-order valence-electron chi connectivity index (χ0n) is 20.0. The Balaban J connectivity index is 1.25. The summed E-state index contributed by atoms with van der Waals surface area (Å²) in [5.41, 5.74) is 4.22. The Morgan fingerprint density at radius 3 is 2.11 bits per heavy atom. The summed E-state index contributed by atoms with van der Waals surface area (Å²) < 4.78 is 24.8. The molecular formula is C28H27FN4O3. The minimum Gasteiger partial charge on any atom is -0.416 e. The van der Waals surface area contributed by atoms with Crippen LogP contribution in [0.1, 0.15) is 27.5 Å². The highest BCUT2D eigenvalue weighted by molar-refractivity contribution is 5.94. The molecule has 0 bridgehead atoms. The maximum Gasteiger partial charge on any atom is 0.251 e. The molecule has 184 valence electrons. The number of rotatable bonds is 7. The van der Waals surface area contributed by atoms with E-state index < -0.39 is 0 Å². The van der Waals surface area contributed by atoms with Crippen molar-refractivity contribution in [2.24, 2.45) is 0 Å². The summed E-state index contributed by atoms with van der Waals surface area (Å²) in [5, 5.41) is 11.3. The molecule has 1 atom stereocenters. The first kappa shape index (κ1) is 23.8. The number of benzene rings is 3. The molecule has 1 fully saturated rings. The minimum absolute atomic E-state index is 0.0729. The van der Waals surface area contributed by atoms with E-state index in [1.165, 1.54) is 12.1 Å². The number of halogens is 1. The largest absolute Gasteiger partial charge is 0.416 e. The van der Waals surface area contributed by atoms with Gasteiger partial charge in [-0.2, -0.15) is 0 Å². The second-order valence-electron chi connectivity index (χ2n) is 8.78. The van der Waals surface area contributed by atoms with E-state index in [0.717, 1.165) is 35.3 Å². The first-order chi connectivity index (χ1) is 17.6. The molecule has 1 saturated heterocycles. The summed E-state index contributed by atoms with van der Waals surface area (Å²) in [6.07, 6.45) is 0. The van der Waals surface area contributed by atoms with Gasteiger partial charge in [0.25, 0.3) is 5.91 Å². The van der Waals surface area contributed by atoms with E-state index in [1.807, 2.05) is 31.2 Å². The normalized spacial score (nSPS) is 14.9. The van der Waals surface area contributed by atoms with Gasteiger partial charge in [0.1, 0.15) is 5.82 Å². The molecule has 2 heterocycles. The van der Waals surface area contributed by atoms with Crippen molar-refractivity contribution >= 4 is 5.91 Å². The standard InChI is InChI=1S/C28H27FN4O3/c1-19-2-4-22(5-3-19)27-31-32-28(36-27)23-8-6-21(7-9-23)26(34)30-18-25(33-14-16-35-17-15-33)20-10-12-24(29)13-11-20/h2-13,25H,14-18H2,1H3,(H,30,34). The second kappa shape index (κ2) is 10.8. The van der Waals surface area contributed by atoms with Crippen LogP contribution in [0, 0.1) is 12.7 Å². The molecule has 36 heavy (non-hydrogen) atoms. The molecule has 3 aromatic carbocycles. The van der Waals surface area contributed by atoms with Gasteiger partial charge >= 0.3 is 0 Å². The van der Waals surface area contributed by atoms with Gasteiger partial charge in [-0.3, -0.25) is 9.69 Å². The summed E-state index contributed by atoms with van der Waals surface area (Å²) in [6.45, 7) is 5.19. The Kier molecular flexibility index (Phi) is 7.16. The fourth-order valence-electron chi connectivity index (χ4n) is 4.24. The highest BCUT2D eigenvalue weighted by Crippen LogP contribution is 2.25. The predicted molar refractivity (Wildman–Crippen MR) is 134 cm³/mol. The van der Waals surface area contributed by atoms with Gasteiger partial charge in [0.05, 0.1) is 19.3 Å². The van der Waals surface area contributed by atoms with Crippen molar-refractivity contribution < 1.29 is 18.3 Å². The number of ether oxygens (including phenoxy) is 1. The number of hydrogen-bond donors (Lipinski definition) is 1. The Labute approximate surface area is 208 Å². The maximum atomic E-state index is 13.5. The van der Waals surface area contributed by atoms with Crippen LogP contribution in [0.3, 0.4) is 0 Å². The molecule has 5 rings (SSSR count). The molecule has 1 aliphatic heterocycles. The highest BCUT2D eigenvalue weighted by atomic mass is 19.1. The van der Waals surface area contributed by atoms with Crippen LogP contribution in [0.5, 0.6) is 0 Å². The monoisotopic (exact) mass is 486 g/mol. The molecule has 8 heteroatoms. The maximum absolute atomic E-state index is 13.5. The number of carbonyl (C=O) groups excluding carboxylic acids is 1. The van der Waals surface area contributed by atoms with Crippen molar-refractivity contribution in [3.05, 3.63) is 95.3 Å². The number of morpholine rings is 1. The number of hydrogen-bond acceptors (Lipinski definition) is 6. The second-order valence-corrected chi connectivity index (χ2v) is 8.78. The predicted octanol–water partition coefficient (Wildman–Crippen LogP) is 4.65. The fourth-order valence-corrected chi connectivity index (χ4v) is 4.24. The van der Waals surface area contributed by atoms with E-state index >= 15 is 0 Å². The van der Waals surface area contributed by atoms with Crippen molar-refractivity contribution in [3.8, 4) is 22.9 Å². The number of nitrogens with one attached hydrogen (secondary N) is 1. The Morgan fingerprint density at radius 1 is 0.917 bits per heavy atom. The van der Waals surface area contributed by atoms with Gasteiger partial charge in [-0.1, -0.05) is 29.8 Å². The van der Waals surface area contributed by atoms with E-state index in [4.69, 9.17) is 9.15 Å². The lowest BCUT2D eigenvalue weighted by Gasteiger charge is -2.35. The first-order valence-electron chi connectivity index (χ1n) is 11.9. The van der Waals surface area contributed by atoms with Gasteiger partial charge in [0.15, 0.2) is 0 Å². The average Bonchev–Trinajstić information content (AvgIpc) is 3.41. The zero-order valence-corrected chi connectivity index (χ0v) is 20.0. The number of aromatic nitrogens is 2. The molecule has 7 nitrogen and oxygen atoms in total.